The third-order valence-electron chi connectivity index (χ3n) is 3.72. The SMILES string of the molecule is CC1(C(=O)O)C=CC=C(C(=O)O)C1.CCC(=O)Cc1ccccc1. The Morgan fingerprint density at radius 1 is 1.12 bits per heavy atom. The zero-order chi connectivity index (χ0) is 18.2. The van der Waals surface area contributed by atoms with Crippen molar-refractivity contribution < 1.29 is 24.6 Å². The number of benzene rings is 1. The van der Waals surface area contributed by atoms with Crippen molar-refractivity contribution in [3.8, 4) is 0 Å². The van der Waals surface area contributed by atoms with Gasteiger partial charge in [-0.1, -0.05) is 55.5 Å². The number of carboxylic acid groups (broad SMARTS) is 2. The van der Waals surface area contributed by atoms with Crippen molar-refractivity contribution in [2.75, 3.05) is 0 Å². The topological polar surface area (TPSA) is 91.7 Å². The Bertz CT molecular complexity index is 658. The van der Waals surface area contributed by atoms with Gasteiger partial charge in [-0.05, 0) is 18.9 Å². The van der Waals surface area contributed by atoms with Gasteiger partial charge >= 0.3 is 11.9 Å². The number of allylic oxidation sites excluding steroid dienone is 2. The average Bonchev–Trinajstić information content (AvgIpc) is 2.56. The van der Waals surface area contributed by atoms with Gasteiger partial charge in [-0.3, -0.25) is 9.59 Å². The molecular formula is C19H22O5. The Morgan fingerprint density at radius 3 is 2.25 bits per heavy atom. The molecule has 0 aromatic heterocycles. The van der Waals surface area contributed by atoms with Crippen LogP contribution in [0.25, 0.3) is 0 Å². The van der Waals surface area contributed by atoms with E-state index in [1.54, 1.807) is 0 Å². The zero-order valence-electron chi connectivity index (χ0n) is 13.9. The molecule has 0 aliphatic heterocycles. The molecule has 24 heavy (non-hydrogen) atoms. The van der Waals surface area contributed by atoms with Crippen molar-refractivity contribution in [2.45, 2.75) is 33.1 Å². The summed E-state index contributed by atoms with van der Waals surface area (Å²) in [4.78, 5) is 32.3. The fraction of sp³-hybridized carbons (Fsp3) is 0.316. The van der Waals surface area contributed by atoms with Crippen LogP contribution in [0.2, 0.25) is 0 Å². The van der Waals surface area contributed by atoms with E-state index in [4.69, 9.17) is 10.2 Å². The molecule has 0 bridgehead atoms. The van der Waals surface area contributed by atoms with Crippen molar-refractivity contribution in [3.05, 3.63) is 59.7 Å². The Balaban J connectivity index is 0.000000243. The maximum atomic E-state index is 11.0. The Kier molecular flexibility index (Phi) is 7.11. The molecule has 0 saturated heterocycles. The monoisotopic (exact) mass is 330 g/mol. The Hall–Kier alpha value is -2.69. The van der Waals surface area contributed by atoms with Gasteiger partial charge in [-0.25, -0.2) is 4.79 Å². The van der Waals surface area contributed by atoms with E-state index in [1.807, 2.05) is 37.3 Å². The van der Waals surface area contributed by atoms with E-state index in [1.165, 1.54) is 25.2 Å². The molecule has 5 nitrogen and oxygen atoms in total. The van der Waals surface area contributed by atoms with Crippen LogP contribution < -0.4 is 0 Å². The van der Waals surface area contributed by atoms with Gasteiger partial charge in [0.2, 0.25) is 0 Å². The van der Waals surface area contributed by atoms with Crippen LogP contribution in [-0.4, -0.2) is 27.9 Å². The lowest BCUT2D eigenvalue weighted by Crippen LogP contribution is -2.28. The lowest BCUT2D eigenvalue weighted by Gasteiger charge is -2.23. The van der Waals surface area contributed by atoms with Gasteiger partial charge in [-0.15, -0.1) is 0 Å². The van der Waals surface area contributed by atoms with Gasteiger partial charge in [-0.2, -0.15) is 0 Å². The van der Waals surface area contributed by atoms with Gasteiger partial charge in [0.1, 0.15) is 5.78 Å². The molecule has 1 aliphatic rings. The molecule has 2 rings (SSSR count). The second kappa shape index (κ2) is 8.82. The smallest absolute Gasteiger partial charge is 0.331 e. The Labute approximate surface area is 141 Å². The van der Waals surface area contributed by atoms with E-state index in [0.717, 1.165) is 5.56 Å². The lowest BCUT2D eigenvalue weighted by molar-refractivity contribution is -0.145. The van der Waals surface area contributed by atoms with Crippen molar-refractivity contribution in [2.24, 2.45) is 5.41 Å². The summed E-state index contributed by atoms with van der Waals surface area (Å²) in [6, 6.07) is 9.83. The summed E-state index contributed by atoms with van der Waals surface area (Å²) in [5.74, 6) is -1.76. The molecule has 0 radical (unpaired) electrons. The third kappa shape index (κ3) is 5.83. The van der Waals surface area contributed by atoms with Crippen molar-refractivity contribution >= 4 is 17.7 Å². The van der Waals surface area contributed by atoms with E-state index >= 15 is 0 Å². The molecule has 1 aliphatic carbocycles. The minimum absolute atomic E-state index is 0.0359. The molecule has 1 unspecified atom stereocenters. The van der Waals surface area contributed by atoms with Crippen LogP contribution in [-0.2, 0) is 20.8 Å². The molecule has 0 saturated carbocycles. The second-order valence-electron chi connectivity index (χ2n) is 5.81. The number of aliphatic carboxylic acids is 2. The van der Waals surface area contributed by atoms with Gasteiger partial charge < -0.3 is 10.2 Å². The molecule has 128 valence electrons. The number of Topliss-reactive ketones (excluding diaryl/α,β-unsaturated/α-hetero) is 1. The lowest BCUT2D eigenvalue weighted by atomic mass is 9.80. The summed E-state index contributed by atoms with van der Waals surface area (Å²) in [7, 11) is 0. The molecular weight excluding hydrogens is 308 g/mol. The van der Waals surface area contributed by atoms with E-state index in [9.17, 15) is 14.4 Å². The van der Waals surface area contributed by atoms with Crippen LogP contribution in [0.15, 0.2) is 54.1 Å². The summed E-state index contributed by atoms with van der Waals surface area (Å²) in [5, 5.41) is 17.5. The summed E-state index contributed by atoms with van der Waals surface area (Å²) in [5.41, 5.74) is 0.161. The normalized spacial score (nSPS) is 18.8. The molecule has 1 atom stereocenters. The van der Waals surface area contributed by atoms with Crippen molar-refractivity contribution in [1.82, 2.24) is 0 Å². The number of ketones is 1. The van der Waals surface area contributed by atoms with Crippen LogP contribution in [0.3, 0.4) is 0 Å². The summed E-state index contributed by atoms with van der Waals surface area (Å²) in [6.07, 6.45) is 5.65. The first kappa shape index (κ1) is 19.4. The van der Waals surface area contributed by atoms with Crippen LogP contribution >= 0.6 is 0 Å². The molecule has 2 N–H and O–H groups in total. The first-order valence-electron chi connectivity index (χ1n) is 7.69. The fourth-order valence-electron chi connectivity index (χ4n) is 2.13. The predicted octanol–water partition coefficient (Wildman–Crippen LogP) is 3.26. The maximum Gasteiger partial charge on any atom is 0.331 e. The highest BCUT2D eigenvalue weighted by Crippen LogP contribution is 2.31. The summed E-state index contributed by atoms with van der Waals surface area (Å²) >= 11 is 0. The number of carbonyl (C=O) groups excluding carboxylic acids is 1. The number of hydrogen-bond acceptors (Lipinski definition) is 3. The van der Waals surface area contributed by atoms with E-state index < -0.39 is 17.4 Å². The minimum atomic E-state index is -1.08. The molecule has 1 aromatic carbocycles. The van der Waals surface area contributed by atoms with E-state index in [-0.39, 0.29) is 12.0 Å². The van der Waals surface area contributed by atoms with E-state index in [2.05, 4.69) is 0 Å². The molecule has 0 spiro atoms. The molecule has 0 heterocycles. The van der Waals surface area contributed by atoms with Gasteiger partial charge in [0, 0.05) is 18.4 Å². The number of carboxylic acids is 2. The number of hydrogen-bond donors (Lipinski definition) is 2. The van der Waals surface area contributed by atoms with Crippen LogP contribution in [0.1, 0.15) is 32.3 Å². The highest BCUT2D eigenvalue weighted by Gasteiger charge is 2.34. The van der Waals surface area contributed by atoms with Gasteiger partial charge in [0.15, 0.2) is 0 Å². The highest BCUT2D eigenvalue weighted by atomic mass is 16.4. The molecule has 0 amide bonds. The van der Waals surface area contributed by atoms with E-state index in [0.29, 0.717) is 18.6 Å². The van der Waals surface area contributed by atoms with Crippen LogP contribution in [0.5, 0.6) is 0 Å². The molecule has 0 fully saturated rings. The number of rotatable bonds is 5. The fourth-order valence-corrected chi connectivity index (χ4v) is 2.13. The van der Waals surface area contributed by atoms with Crippen LogP contribution in [0.4, 0.5) is 0 Å². The molecule has 5 heteroatoms. The first-order chi connectivity index (χ1) is 11.3. The standard InChI is InChI=1S/C10H12O.C9H10O4/c1-2-10(11)8-9-6-4-3-5-7-9;1-9(8(12)13)4-2-3-6(5-9)7(10)11/h3-7H,2,8H2,1H3;2-4H,5H2,1H3,(H,10,11)(H,12,13). The predicted molar refractivity (Wildman–Crippen MR) is 90.7 cm³/mol. The molecule has 1 aromatic rings. The van der Waals surface area contributed by atoms with Crippen molar-refractivity contribution in [1.29, 1.82) is 0 Å². The highest BCUT2D eigenvalue weighted by molar-refractivity contribution is 5.90. The quantitative estimate of drug-likeness (QED) is 0.864. The second-order valence-corrected chi connectivity index (χ2v) is 5.81. The Morgan fingerprint density at radius 2 is 1.75 bits per heavy atom. The minimum Gasteiger partial charge on any atom is -0.481 e. The maximum absolute atomic E-state index is 11.0. The van der Waals surface area contributed by atoms with Gasteiger partial charge in [0.05, 0.1) is 5.41 Å². The van der Waals surface area contributed by atoms with Crippen molar-refractivity contribution in [3.63, 3.8) is 0 Å². The van der Waals surface area contributed by atoms with Gasteiger partial charge in [0.25, 0.3) is 0 Å². The van der Waals surface area contributed by atoms with Crippen LogP contribution in [0, 0.1) is 5.41 Å². The average molecular weight is 330 g/mol. The zero-order valence-corrected chi connectivity index (χ0v) is 13.9. The number of carbonyl (C=O) groups is 3. The summed E-state index contributed by atoms with van der Waals surface area (Å²) in [6.45, 7) is 3.40. The third-order valence-corrected chi connectivity index (χ3v) is 3.72. The largest absolute Gasteiger partial charge is 0.481 e. The first-order valence-corrected chi connectivity index (χ1v) is 7.69. The summed E-state index contributed by atoms with van der Waals surface area (Å²) < 4.78 is 0.